The Hall–Kier alpha value is -0.700. The third-order valence-corrected chi connectivity index (χ3v) is 13.6. The number of hydrogen-bond donors (Lipinski definition) is 0. The summed E-state index contributed by atoms with van der Waals surface area (Å²) < 4.78 is 54.7. The van der Waals surface area contributed by atoms with Crippen molar-refractivity contribution in [1.82, 2.24) is 0 Å². The third-order valence-electron chi connectivity index (χ3n) is 7.11. The first-order valence-corrected chi connectivity index (χ1v) is 19.7. The first kappa shape index (κ1) is 33.5. The molecule has 2 aromatic rings. The van der Waals surface area contributed by atoms with Gasteiger partial charge in [-0.1, -0.05) is 104 Å². The van der Waals surface area contributed by atoms with Gasteiger partial charge in [0, 0.05) is 14.6 Å². The minimum atomic E-state index is -3.73. The molecule has 0 saturated heterocycles. The molecular formula is C30H50O4S4. The number of thiophene rings is 2. The maximum absolute atomic E-state index is 13.7. The van der Waals surface area contributed by atoms with Gasteiger partial charge < -0.3 is 0 Å². The van der Waals surface area contributed by atoms with Crippen LogP contribution in [0.1, 0.15) is 126 Å². The number of sulfone groups is 2. The molecule has 0 saturated carbocycles. The standard InChI is InChI=1S/C30H50O4S4/c1-5-7-9-11-13-15-17-19-23-37(31,32)29-26(4)36-28(27-22-21-25(3)35-27)30(29)38(33,34)24-20-18-16-14-12-10-8-6-2/h21-22H,5-20,23-24H2,1-4H3. The number of hydrogen-bond acceptors (Lipinski definition) is 6. The van der Waals surface area contributed by atoms with Crippen LogP contribution in [-0.2, 0) is 19.7 Å². The highest BCUT2D eigenvalue weighted by atomic mass is 32.2. The molecule has 0 N–H and O–H groups in total. The zero-order valence-electron chi connectivity index (χ0n) is 24.1. The van der Waals surface area contributed by atoms with E-state index < -0.39 is 19.7 Å². The summed E-state index contributed by atoms with van der Waals surface area (Å²) in [6.45, 7) is 8.16. The molecule has 0 aliphatic heterocycles. The van der Waals surface area contributed by atoms with Gasteiger partial charge in [0.05, 0.1) is 21.3 Å². The van der Waals surface area contributed by atoms with Crippen LogP contribution in [0, 0.1) is 13.8 Å². The van der Waals surface area contributed by atoms with Crippen LogP contribution in [0.25, 0.3) is 9.75 Å². The van der Waals surface area contributed by atoms with Crippen LogP contribution in [0.4, 0.5) is 0 Å². The smallest absolute Gasteiger partial charge is 0.181 e. The van der Waals surface area contributed by atoms with Gasteiger partial charge in [0.2, 0.25) is 0 Å². The van der Waals surface area contributed by atoms with Crippen LogP contribution in [0.2, 0.25) is 0 Å². The van der Waals surface area contributed by atoms with Crippen LogP contribution in [-0.4, -0.2) is 28.3 Å². The summed E-state index contributed by atoms with van der Waals surface area (Å²) in [6, 6.07) is 3.90. The molecule has 0 aliphatic carbocycles. The van der Waals surface area contributed by atoms with Crippen molar-refractivity contribution in [3.63, 3.8) is 0 Å². The molecule has 0 spiro atoms. The molecule has 0 aromatic carbocycles. The Morgan fingerprint density at radius 2 is 0.974 bits per heavy atom. The fourth-order valence-electron chi connectivity index (χ4n) is 4.93. The predicted molar refractivity (Wildman–Crippen MR) is 166 cm³/mol. The SMILES string of the molecule is CCCCCCCCCCS(=O)(=O)c1c(C)sc(-c2ccc(C)s2)c1S(=O)(=O)CCCCCCCCCC. The molecule has 2 heterocycles. The van der Waals surface area contributed by atoms with Crippen LogP contribution < -0.4 is 0 Å². The van der Waals surface area contributed by atoms with Crippen molar-refractivity contribution in [2.75, 3.05) is 11.5 Å². The highest BCUT2D eigenvalue weighted by Crippen LogP contribution is 2.45. The average Bonchev–Trinajstić information content (AvgIpc) is 3.46. The Morgan fingerprint density at radius 1 is 0.553 bits per heavy atom. The highest BCUT2D eigenvalue weighted by Gasteiger charge is 2.34. The zero-order valence-corrected chi connectivity index (χ0v) is 27.4. The molecule has 0 radical (unpaired) electrons. The van der Waals surface area contributed by atoms with Gasteiger partial charge in [-0.2, -0.15) is 0 Å². The molecule has 0 atom stereocenters. The summed E-state index contributed by atoms with van der Waals surface area (Å²) in [4.78, 5) is 3.28. The van der Waals surface area contributed by atoms with Crippen LogP contribution in [0.3, 0.4) is 0 Å². The normalized spacial score (nSPS) is 12.4. The fourth-order valence-corrected chi connectivity index (χ4v) is 12.0. The molecule has 38 heavy (non-hydrogen) atoms. The zero-order chi connectivity index (χ0) is 28.0. The molecule has 0 aliphatic rings. The topological polar surface area (TPSA) is 68.3 Å². The minimum Gasteiger partial charge on any atom is -0.224 e. The van der Waals surface area contributed by atoms with Gasteiger partial charge in [0.25, 0.3) is 0 Å². The maximum Gasteiger partial charge on any atom is 0.181 e. The van der Waals surface area contributed by atoms with Crippen molar-refractivity contribution in [2.24, 2.45) is 0 Å². The lowest BCUT2D eigenvalue weighted by Gasteiger charge is -2.11. The summed E-state index contributed by atoms with van der Waals surface area (Å²) in [7, 11) is -7.43. The van der Waals surface area contributed by atoms with Crippen LogP contribution in [0.15, 0.2) is 21.9 Å². The van der Waals surface area contributed by atoms with Crippen molar-refractivity contribution in [1.29, 1.82) is 0 Å². The van der Waals surface area contributed by atoms with Gasteiger partial charge in [-0.05, 0) is 38.8 Å². The summed E-state index contributed by atoms with van der Waals surface area (Å²) in [5.74, 6) is 0.0263. The molecule has 218 valence electrons. The van der Waals surface area contributed by atoms with E-state index in [9.17, 15) is 16.8 Å². The van der Waals surface area contributed by atoms with Crippen molar-refractivity contribution in [3.05, 3.63) is 21.9 Å². The average molecular weight is 603 g/mol. The Balaban J connectivity index is 2.16. The molecule has 0 fully saturated rings. The quantitative estimate of drug-likeness (QED) is 0.133. The molecule has 0 bridgehead atoms. The van der Waals surface area contributed by atoms with E-state index in [-0.39, 0.29) is 21.3 Å². The Labute approximate surface area is 241 Å². The molecular weight excluding hydrogens is 553 g/mol. The second kappa shape index (κ2) is 17.2. The van der Waals surface area contributed by atoms with Crippen molar-refractivity contribution in [3.8, 4) is 9.75 Å². The summed E-state index contributed by atoms with van der Waals surface area (Å²) in [6.07, 6.45) is 17.1. The Morgan fingerprint density at radius 3 is 1.39 bits per heavy atom. The summed E-state index contributed by atoms with van der Waals surface area (Å²) in [5.41, 5.74) is 0. The van der Waals surface area contributed by atoms with Crippen LogP contribution in [0.5, 0.6) is 0 Å². The highest BCUT2D eigenvalue weighted by molar-refractivity contribution is 7.95. The molecule has 0 unspecified atom stereocenters. The summed E-state index contributed by atoms with van der Waals surface area (Å²) in [5, 5.41) is 0. The van der Waals surface area contributed by atoms with E-state index in [1.807, 2.05) is 19.1 Å². The number of aryl methyl sites for hydroxylation is 2. The molecule has 2 aromatic heterocycles. The maximum atomic E-state index is 13.7. The van der Waals surface area contributed by atoms with E-state index in [1.54, 1.807) is 6.92 Å². The van der Waals surface area contributed by atoms with Gasteiger partial charge in [0.1, 0.15) is 4.90 Å². The summed E-state index contributed by atoms with van der Waals surface area (Å²) >= 11 is 2.85. The first-order chi connectivity index (χ1) is 18.1. The molecule has 0 amide bonds. The molecule has 8 heteroatoms. The first-order valence-electron chi connectivity index (χ1n) is 14.8. The van der Waals surface area contributed by atoms with E-state index in [0.717, 1.165) is 48.3 Å². The largest absolute Gasteiger partial charge is 0.224 e. The number of rotatable bonds is 21. The molecule has 2 rings (SSSR count). The van der Waals surface area contributed by atoms with Crippen molar-refractivity contribution >= 4 is 42.3 Å². The van der Waals surface area contributed by atoms with Gasteiger partial charge in [-0.3, -0.25) is 0 Å². The lowest BCUT2D eigenvalue weighted by atomic mass is 10.1. The number of unbranched alkanes of at least 4 members (excludes halogenated alkanes) is 14. The molecule has 4 nitrogen and oxygen atoms in total. The monoisotopic (exact) mass is 602 g/mol. The third kappa shape index (κ3) is 10.7. The van der Waals surface area contributed by atoms with E-state index in [2.05, 4.69) is 13.8 Å². The second-order valence-corrected chi connectivity index (χ2v) is 17.2. The Kier molecular flexibility index (Phi) is 15.2. The minimum absolute atomic E-state index is 0.00969. The van der Waals surface area contributed by atoms with Crippen molar-refractivity contribution < 1.29 is 16.8 Å². The van der Waals surface area contributed by atoms with Gasteiger partial charge in [0.15, 0.2) is 19.7 Å². The lowest BCUT2D eigenvalue weighted by molar-refractivity contribution is 0.566. The fraction of sp³-hybridized carbons (Fsp3) is 0.733. The Bertz CT molecular complexity index is 1160. The van der Waals surface area contributed by atoms with Gasteiger partial charge in [-0.15, -0.1) is 22.7 Å². The van der Waals surface area contributed by atoms with Gasteiger partial charge in [-0.25, -0.2) is 16.8 Å². The lowest BCUT2D eigenvalue weighted by Crippen LogP contribution is -2.15. The predicted octanol–water partition coefficient (Wildman–Crippen LogP) is 9.92. The van der Waals surface area contributed by atoms with E-state index >= 15 is 0 Å². The van der Waals surface area contributed by atoms with Crippen LogP contribution >= 0.6 is 22.7 Å². The van der Waals surface area contributed by atoms with Crippen molar-refractivity contribution in [2.45, 2.75) is 140 Å². The van der Waals surface area contributed by atoms with E-state index in [0.29, 0.717) is 22.6 Å². The second-order valence-electron chi connectivity index (χ2n) is 10.6. The van der Waals surface area contributed by atoms with E-state index in [1.165, 1.54) is 74.0 Å². The van der Waals surface area contributed by atoms with E-state index in [4.69, 9.17) is 0 Å². The van der Waals surface area contributed by atoms with Gasteiger partial charge >= 0.3 is 0 Å².